The number of carboxylic acid groups (broad SMARTS) is 1. The fourth-order valence-corrected chi connectivity index (χ4v) is 2.80. The summed E-state index contributed by atoms with van der Waals surface area (Å²) >= 11 is 0. The van der Waals surface area contributed by atoms with E-state index in [2.05, 4.69) is 50.6 Å². The summed E-state index contributed by atoms with van der Waals surface area (Å²) in [6, 6.07) is 0. The molecule has 0 amide bonds. The van der Waals surface area contributed by atoms with Crippen LogP contribution in [0.1, 0.15) is 39.5 Å². The highest BCUT2D eigenvalue weighted by Gasteiger charge is 2.35. The van der Waals surface area contributed by atoms with E-state index in [1.54, 1.807) is 7.11 Å². The molecule has 0 aromatic heterocycles. The minimum Gasteiger partial charge on any atom is -0.500 e. The van der Waals surface area contributed by atoms with Gasteiger partial charge in [0, 0.05) is 6.54 Å². The summed E-state index contributed by atoms with van der Waals surface area (Å²) in [5.74, 6) is 0.871. The van der Waals surface area contributed by atoms with Gasteiger partial charge < -0.3 is 9.84 Å². The molecule has 0 bridgehead atoms. The molecular formula is C17H29NO3. The Morgan fingerprint density at radius 1 is 1.48 bits per heavy atom. The number of rotatable bonds is 7. The lowest BCUT2D eigenvalue weighted by Crippen LogP contribution is -2.48. The van der Waals surface area contributed by atoms with Crippen LogP contribution in [0.25, 0.3) is 0 Å². The molecule has 0 aromatic rings. The lowest BCUT2D eigenvalue weighted by Gasteiger charge is -2.41. The Hall–Kier alpha value is -1.55. The van der Waals surface area contributed by atoms with Crippen molar-refractivity contribution in [3.8, 4) is 0 Å². The minimum absolute atomic E-state index is 0.0547. The van der Waals surface area contributed by atoms with E-state index in [-0.39, 0.29) is 12.0 Å². The first-order chi connectivity index (χ1) is 10.0. The predicted octanol–water partition coefficient (Wildman–Crippen LogP) is 3.61. The van der Waals surface area contributed by atoms with Gasteiger partial charge in [0.2, 0.25) is 0 Å². The Labute approximate surface area is 128 Å². The molecule has 0 saturated heterocycles. The molecule has 1 N–H and O–H groups in total. The van der Waals surface area contributed by atoms with E-state index in [0.29, 0.717) is 0 Å². The highest BCUT2D eigenvalue weighted by molar-refractivity contribution is 5.32. The van der Waals surface area contributed by atoms with E-state index < -0.39 is 0 Å². The van der Waals surface area contributed by atoms with Crippen LogP contribution in [0.15, 0.2) is 36.1 Å². The largest absolute Gasteiger partial charge is 0.500 e. The first kappa shape index (κ1) is 19.4. The molecule has 4 heteroatoms. The maximum absolute atomic E-state index is 8.36. The van der Waals surface area contributed by atoms with Crippen LogP contribution in [0.2, 0.25) is 0 Å². The minimum atomic E-state index is -0.250. The molecule has 0 fully saturated rings. The summed E-state index contributed by atoms with van der Waals surface area (Å²) in [7, 11) is 3.89. The first-order valence-electron chi connectivity index (χ1n) is 7.40. The van der Waals surface area contributed by atoms with Crippen LogP contribution >= 0.6 is 0 Å². The Kier molecular flexibility index (Phi) is 9.46. The van der Waals surface area contributed by atoms with Gasteiger partial charge in [0.25, 0.3) is 6.47 Å². The Morgan fingerprint density at radius 3 is 2.43 bits per heavy atom. The highest BCUT2D eigenvalue weighted by atomic mass is 16.5. The number of methoxy groups -OCH3 is 1. The van der Waals surface area contributed by atoms with E-state index in [1.807, 2.05) is 0 Å². The van der Waals surface area contributed by atoms with Crippen LogP contribution in [-0.2, 0) is 9.53 Å². The molecule has 1 rings (SSSR count). The average Bonchev–Trinajstić information content (AvgIpc) is 2.50. The Balaban J connectivity index is 0.00000122. The number of likely N-dealkylation sites (N-methyl/N-ethyl adjacent to an activating group) is 1. The third-order valence-corrected chi connectivity index (χ3v) is 4.16. The molecular weight excluding hydrogens is 266 g/mol. The number of carbonyl (C=O) groups is 1. The van der Waals surface area contributed by atoms with Crippen molar-refractivity contribution in [2.75, 3.05) is 20.7 Å². The topological polar surface area (TPSA) is 49.8 Å². The normalized spacial score (nSPS) is 14.0. The van der Waals surface area contributed by atoms with Crippen molar-refractivity contribution in [3.05, 3.63) is 36.1 Å². The van der Waals surface area contributed by atoms with Gasteiger partial charge in [0.1, 0.15) is 5.76 Å². The van der Waals surface area contributed by atoms with E-state index in [0.717, 1.165) is 31.6 Å². The molecule has 4 nitrogen and oxygen atoms in total. The second-order valence-electron chi connectivity index (χ2n) is 5.09. The van der Waals surface area contributed by atoms with Gasteiger partial charge in [-0.3, -0.25) is 9.69 Å². The monoisotopic (exact) mass is 295 g/mol. The molecule has 0 aliphatic heterocycles. The van der Waals surface area contributed by atoms with E-state index in [9.17, 15) is 0 Å². The van der Waals surface area contributed by atoms with Gasteiger partial charge >= 0.3 is 0 Å². The molecule has 1 aliphatic carbocycles. The molecule has 0 radical (unpaired) electrons. The molecule has 1 aliphatic rings. The van der Waals surface area contributed by atoms with Crippen LogP contribution < -0.4 is 0 Å². The van der Waals surface area contributed by atoms with Crippen LogP contribution in [-0.4, -0.2) is 42.7 Å². The third kappa shape index (κ3) is 5.38. The maximum Gasteiger partial charge on any atom is 0.290 e. The first-order valence-corrected chi connectivity index (χ1v) is 7.40. The lowest BCUT2D eigenvalue weighted by atomic mass is 9.88. The number of hydrogen-bond acceptors (Lipinski definition) is 3. The molecule has 0 heterocycles. The van der Waals surface area contributed by atoms with Gasteiger partial charge in [-0.2, -0.15) is 0 Å². The SMILES string of the molecule is C=C(OC)C(CC)(CC)N(C)CC1=CCCC=C1.O=CO. The van der Waals surface area contributed by atoms with Crippen LogP contribution in [0.5, 0.6) is 0 Å². The van der Waals surface area contributed by atoms with Crippen LogP contribution in [0.4, 0.5) is 0 Å². The lowest BCUT2D eigenvalue weighted by molar-refractivity contribution is -0.122. The quantitative estimate of drug-likeness (QED) is 0.576. The van der Waals surface area contributed by atoms with Crippen molar-refractivity contribution >= 4 is 6.47 Å². The van der Waals surface area contributed by atoms with E-state index in [1.165, 1.54) is 12.0 Å². The maximum atomic E-state index is 8.36. The molecule has 21 heavy (non-hydrogen) atoms. The predicted molar refractivity (Wildman–Crippen MR) is 87.2 cm³/mol. The Morgan fingerprint density at radius 2 is 2.05 bits per heavy atom. The van der Waals surface area contributed by atoms with Gasteiger partial charge in [-0.15, -0.1) is 0 Å². The van der Waals surface area contributed by atoms with Crippen LogP contribution in [0, 0.1) is 0 Å². The average molecular weight is 295 g/mol. The molecule has 120 valence electrons. The molecule has 0 saturated carbocycles. The summed E-state index contributed by atoms with van der Waals surface area (Å²) in [6.07, 6.45) is 11.2. The number of nitrogens with zero attached hydrogens (tertiary/aromatic N) is 1. The molecule has 0 unspecified atom stereocenters. The van der Waals surface area contributed by atoms with Crippen molar-refractivity contribution < 1.29 is 14.6 Å². The van der Waals surface area contributed by atoms with Crippen molar-refractivity contribution in [1.82, 2.24) is 4.90 Å². The molecule has 0 spiro atoms. The zero-order valence-electron chi connectivity index (χ0n) is 13.8. The van der Waals surface area contributed by atoms with E-state index in [4.69, 9.17) is 14.6 Å². The number of allylic oxidation sites excluding steroid dienone is 2. The smallest absolute Gasteiger partial charge is 0.290 e. The van der Waals surface area contributed by atoms with Gasteiger partial charge in [-0.05, 0) is 38.3 Å². The fraction of sp³-hybridized carbons (Fsp3) is 0.588. The van der Waals surface area contributed by atoms with Gasteiger partial charge in [-0.25, -0.2) is 0 Å². The standard InChI is InChI=1S/C16H27NO.CH2O2/c1-6-16(7-2,14(3)18-5)17(4)13-15-11-9-8-10-12-15;2-1-3/h9,11-12H,3,6-8,10,13H2,1-2,4-5H3;1H,(H,2,3). The number of hydrogen-bond donors (Lipinski definition) is 1. The highest BCUT2D eigenvalue weighted by Crippen LogP contribution is 2.31. The van der Waals surface area contributed by atoms with Crippen LogP contribution in [0.3, 0.4) is 0 Å². The van der Waals surface area contributed by atoms with Crippen molar-refractivity contribution in [2.24, 2.45) is 0 Å². The van der Waals surface area contributed by atoms with Gasteiger partial charge in [-0.1, -0.05) is 38.7 Å². The summed E-state index contributed by atoms with van der Waals surface area (Å²) in [6.45, 7) is 9.22. The zero-order valence-corrected chi connectivity index (χ0v) is 13.8. The number of ether oxygens (including phenoxy) is 1. The van der Waals surface area contributed by atoms with E-state index >= 15 is 0 Å². The van der Waals surface area contributed by atoms with Crippen molar-refractivity contribution in [1.29, 1.82) is 0 Å². The Bertz CT molecular complexity index is 381. The second kappa shape index (κ2) is 10.2. The summed E-state index contributed by atoms with van der Waals surface area (Å²) in [5.41, 5.74) is 1.35. The third-order valence-electron chi connectivity index (χ3n) is 4.16. The summed E-state index contributed by atoms with van der Waals surface area (Å²) in [5, 5.41) is 6.89. The second-order valence-corrected chi connectivity index (χ2v) is 5.09. The summed E-state index contributed by atoms with van der Waals surface area (Å²) < 4.78 is 5.43. The summed E-state index contributed by atoms with van der Waals surface area (Å²) in [4.78, 5) is 10.7. The van der Waals surface area contributed by atoms with Crippen molar-refractivity contribution in [3.63, 3.8) is 0 Å². The van der Waals surface area contributed by atoms with Crippen molar-refractivity contribution in [2.45, 2.75) is 45.1 Å². The van der Waals surface area contributed by atoms with Gasteiger partial charge in [0.05, 0.1) is 12.6 Å². The van der Waals surface area contributed by atoms with Gasteiger partial charge in [0.15, 0.2) is 0 Å². The molecule has 0 atom stereocenters. The molecule has 0 aromatic carbocycles. The fourth-order valence-electron chi connectivity index (χ4n) is 2.80. The zero-order chi connectivity index (χ0) is 16.3.